The number of carbonyl (C=O) groups excluding carboxylic acids is 1. The molecule has 0 fully saturated rings. The van der Waals surface area contributed by atoms with Crippen molar-refractivity contribution in [2.24, 2.45) is 0 Å². The van der Waals surface area contributed by atoms with Crippen molar-refractivity contribution in [2.45, 2.75) is 46.4 Å². The third kappa shape index (κ3) is 5.17. The lowest BCUT2D eigenvalue weighted by Gasteiger charge is -2.28. The Bertz CT molecular complexity index is 965. The molecule has 1 aliphatic rings. The molecule has 0 spiro atoms. The van der Waals surface area contributed by atoms with Gasteiger partial charge in [-0.15, -0.1) is 0 Å². The molecule has 1 unspecified atom stereocenters. The van der Waals surface area contributed by atoms with E-state index >= 15 is 0 Å². The van der Waals surface area contributed by atoms with Crippen LogP contribution in [0.5, 0.6) is 5.75 Å². The van der Waals surface area contributed by atoms with Crippen molar-refractivity contribution in [2.75, 3.05) is 7.11 Å². The second-order valence-electron chi connectivity index (χ2n) is 6.72. The Morgan fingerprint density at radius 2 is 1.80 bits per heavy atom. The lowest BCUT2D eigenvalue weighted by molar-refractivity contribution is -0.187. The minimum atomic E-state index is -4.76. The van der Waals surface area contributed by atoms with Crippen molar-refractivity contribution in [3.8, 4) is 5.75 Å². The number of halogens is 4. The molecule has 0 radical (unpaired) electrons. The van der Waals surface area contributed by atoms with Crippen molar-refractivity contribution < 1.29 is 27.4 Å². The molecule has 0 aromatic heterocycles. The number of methoxy groups -OCH3 is 1. The highest BCUT2D eigenvalue weighted by Gasteiger charge is 2.48. The van der Waals surface area contributed by atoms with Crippen LogP contribution in [0.25, 0.3) is 6.08 Å². The number of fused-ring (bicyclic) bond motifs is 1. The van der Waals surface area contributed by atoms with E-state index < -0.39 is 23.8 Å². The summed E-state index contributed by atoms with van der Waals surface area (Å²) in [7, 11) is 1.02. The molecule has 0 saturated heterocycles. The van der Waals surface area contributed by atoms with Gasteiger partial charge in [-0.1, -0.05) is 49.2 Å². The average molecular weight is 441 g/mol. The van der Waals surface area contributed by atoms with Crippen LogP contribution in [-0.4, -0.2) is 25.4 Å². The number of esters is 1. The van der Waals surface area contributed by atoms with Crippen LogP contribution in [0.3, 0.4) is 0 Å². The highest BCUT2D eigenvalue weighted by molar-refractivity contribution is 6.31. The van der Waals surface area contributed by atoms with Gasteiger partial charge in [0.25, 0.3) is 0 Å². The highest BCUT2D eigenvalue weighted by Crippen LogP contribution is 2.40. The summed E-state index contributed by atoms with van der Waals surface area (Å²) in [5, 5.41) is 0.383. The van der Waals surface area contributed by atoms with Crippen LogP contribution in [0.2, 0.25) is 5.02 Å². The molecule has 162 valence electrons. The maximum Gasteiger partial charge on any atom is 0.430 e. The summed E-state index contributed by atoms with van der Waals surface area (Å²) in [5.74, 6) is -1.07. The smallest absolute Gasteiger partial charge is 0.430 e. The Kier molecular flexibility index (Phi) is 7.59. The number of benzene rings is 2. The maximum absolute atomic E-state index is 13.4. The average Bonchev–Trinajstić information content (AvgIpc) is 2.69. The van der Waals surface area contributed by atoms with Crippen LogP contribution < -0.4 is 4.74 Å². The number of rotatable bonds is 3. The van der Waals surface area contributed by atoms with Gasteiger partial charge in [-0.3, -0.25) is 0 Å². The Hall–Kier alpha value is -2.47. The molecular weight excluding hydrogens is 417 g/mol. The zero-order chi connectivity index (χ0) is 22.6. The molecule has 0 bridgehead atoms. The molecule has 2 aromatic rings. The van der Waals surface area contributed by atoms with Gasteiger partial charge in [-0.25, -0.2) is 4.79 Å². The Morgan fingerprint density at radius 1 is 1.13 bits per heavy atom. The number of ether oxygens (including phenoxy) is 2. The van der Waals surface area contributed by atoms with Crippen LogP contribution >= 0.6 is 11.6 Å². The summed E-state index contributed by atoms with van der Waals surface area (Å²) >= 11 is 6.36. The monoisotopic (exact) mass is 440 g/mol. The molecule has 1 atom stereocenters. The Balaban J connectivity index is 0.00000155. The van der Waals surface area contributed by atoms with Gasteiger partial charge in [0, 0.05) is 10.6 Å². The van der Waals surface area contributed by atoms with Crippen molar-refractivity contribution in [3.63, 3.8) is 0 Å². The van der Waals surface area contributed by atoms with Crippen LogP contribution in [0.1, 0.15) is 41.7 Å². The molecule has 0 amide bonds. The van der Waals surface area contributed by atoms with Crippen LogP contribution in [0, 0.1) is 13.8 Å². The molecule has 7 heteroatoms. The van der Waals surface area contributed by atoms with E-state index in [9.17, 15) is 18.0 Å². The van der Waals surface area contributed by atoms with E-state index in [1.54, 1.807) is 0 Å². The quantitative estimate of drug-likeness (QED) is 0.514. The van der Waals surface area contributed by atoms with Crippen molar-refractivity contribution in [3.05, 3.63) is 68.7 Å². The van der Waals surface area contributed by atoms with Gasteiger partial charge in [0.2, 0.25) is 6.10 Å². The largest absolute Gasteiger partial charge is 0.475 e. The third-order valence-corrected chi connectivity index (χ3v) is 4.97. The fraction of sp³-hybridized carbons (Fsp3) is 0.348. The maximum atomic E-state index is 13.4. The van der Waals surface area contributed by atoms with Gasteiger partial charge in [0.15, 0.2) is 0 Å². The summed E-state index contributed by atoms with van der Waals surface area (Å²) in [6.45, 7) is 7.95. The molecule has 1 aliphatic heterocycles. The first-order valence-corrected chi connectivity index (χ1v) is 9.89. The van der Waals surface area contributed by atoms with Crippen LogP contribution in [0.4, 0.5) is 13.2 Å². The molecule has 2 aromatic carbocycles. The summed E-state index contributed by atoms with van der Waals surface area (Å²) in [6.07, 6.45) is -5.57. The first kappa shape index (κ1) is 23.8. The number of hydrogen-bond donors (Lipinski definition) is 0. The normalized spacial score (nSPS) is 15.2. The van der Waals surface area contributed by atoms with Gasteiger partial charge in [-0.05, 0) is 55.2 Å². The zero-order valence-corrected chi connectivity index (χ0v) is 18.2. The minimum absolute atomic E-state index is 0.0270. The standard InChI is InChI=1S/C21H18ClF3O3.C2H6/c1-11-4-5-13(12(2)6-11)7-14-10-18-15(9-17(14)22)8-16(20(26)27-3)19(28-18)21(23,24)25;1-2/h4-6,8-10,19H,7H2,1-3H3;1-2H3. The molecule has 3 rings (SSSR count). The summed E-state index contributed by atoms with van der Waals surface area (Å²) in [4.78, 5) is 11.8. The number of hydrogen-bond acceptors (Lipinski definition) is 3. The van der Waals surface area contributed by atoms with Gasteiger partial charge >= 0.3 is 12.1 Å². The van der Waals surface area contributed by atoms with E-state index in [0.717, 1.165) is 29.9 Å². The van der Waals surface area contributed by atoms with E-state index in [-0.39, 0.29) is 5.75 Å². The van der Waals surface area contributed by atoms with E-state index in [4.69, 9.17) is 16.3 Å². The molecule has 0 N–H and O–H groups in total. The second kappa shape index (κ2) is 9.56. The number of aryl methyl sites for hydroxylation is 2. The first-order valence-electron chi connectivity index (χ1n) is 9.52. The molecule has 3 nitrogen and oxygen atoms in total. The van der Waals surface area contributed by atoms with Crippen molar-refractivity contribution >= 4 is 23.6 Å². The zero-order valence-electron chi connectivity index (χ0n) is 17.5. The lowest BCUT2D eigenvalue weighted by atomic mass is 9.95. The van der Waals surface area contributed by atoms with Crippen LogP contribution in [0.15, 0.2) is 35.9 Å². The third-order valence-electron chi connectivity index (χ3n) is 4.61. The van der Waals surface area contributed by atoms with Crippen molar-refractivity contribution in [1.29, 1.82) is 0 Å². The molecule has 0 aliphatic carbocycles. The van der Waals surface area contributed by atoms with E-state index in [0.29, 0.717) is 22.6 Å². The predicted molar refractivity (Wildman–Crippen MR) is 112 cm³/mol. The Labute approximate surface area is 179 Å². The van der Waals surface area contributed by atoms with Gasteiger partial charge in [-0.2, -0.15) is 13.2 Å². The van der Waals surface area contributed by atoms with E-state index in [1.165, 1.54) is 12.1 Å². The van der Waals surface area contributed by atoms with E-state index in [2.05, 4.69) is 4.74 Å². The molecular formula is C23H24ClF3O3. The lowest BCUT2D eigenvalue weighted by Crippen LogP contribution is -2.40. The topological polar surface area (TPSA) is 35.5 Å². The van der Waals surface area contributed by atoms with E-state index in [1.807, 2.05) is 45.9 Å². The summed E-state index contributed by atoms with van der Waals surface area (Å²) < 4.78 is 49.8. The SMILES string of the molecule is CC.COC(=O)C1=Cc2cc(Cl)c(Cc3ccc(C)cc3C)cc2OC1C(F)(F)F. The predicted octanol–water partition coefficient (Wildman–Crippen LogP) is 6.45. The fourth-order valence-corrected chi connectivity index (χ4v) is 3.41. The van der Waals surface area contributed by atoms with Gasteiger partial charge in [0.1, 0.15) is 5.75 Å². The van der Waals surface area contributed by atoms with Gasteiger partial charge < -0.3 is 9.47 Å². The Morgan fingerprint density at radius 3 is 2.37 bits per heavy atom. The first-order chi connectivity index (χ1) is 14.1. The van der Waals surface area contributed by atoms with Crippen molar-refractivity contribution in [1.82, 2.24) is 0 Å². The molecule has 1 heterocycles. The summed E-state index contributed by atoms with van der Waals surface area (Å²) in [5.41, 5.74) is 3.53. The molecule has 30 heavy (non-hydrogen) atoms. The molecule has 0 saturated carbocycles. The summed E-state index contributed by atoms with van der Waals surface area (Å²) in [6, 6.07) is 8.97. The number of alkyl halides is 3. The fourth-order valence-electron chi connectivity index (χ4n) is 3.17. The minimum Gasteiger partial charge on any atom is -0.475 e. The van der Waals surface area contributed by atoms with Crippen LogP contribution in [-0.2, 0) is 16.0 Å². The highest BCUT2D eigenvalue weighted by atomic mass is 35.5. The number of carbonyl (C=O) groups is 1. The van der Waals surface area contributed by atoms with Gasteiger partial charge in [0.05, 0.1) is 12.7 Å². The second-order valence-corrected chi connectivity index (χ2v) is 7.13.